The van der Waals surface area contributed by atoms with E-state index in [0.29, 0.717) is 12.0 Å². The van der Waals surface area contributed by atoms with Crippen LogP contribution < -0.4 is 5.56 Å². The van der Waals surface area contributed by atoms with E-state index in [1.165, 1.54) is 0 Å². The molecule has 3 atom stereocenters. The summed E-state index contributed by atoms with van der Waals surface area (Å²) in [6.45, 7) is 1.42. The molecule has 0 bridgehead atoms. The summed E-state index contributed by atoms with van der Waals surface area (Å²) < 4.78 is 7.29. The third kappa shape index (κ3) is 2.32. The number of rotatable bonds is 2. The highest BCUT2D eigenvalue weighted by atomic mass is 32.1. The van der Waals surface area contributed by atoms with Gasteiger partial charge in [0.15, 0.2) is 4.77 Å². The Morgan fingerprint density at radius 3 is 3.00 bits per heavy atom. The average Bonchev–Trinajstić information content (AvgIpc) is 2.65. The molecule has 0 aromatic carbocycles. The summed E-state index contributed by atoms with van der Waals surface area (Å²) in [5.74, 6) is 0. The molecule has 0 radical (unpaired) electrons. The summed E-state index contributed by atoms with van der Waals surface area (Å²) in [6, 6.07) is 0. The molecule has 2 heterocycles. The lowest BCUT2D eigenvalue weighted by atomic mass is 10.2. The zero-order chi connectivity index (χ0) is 12.6. The number of ether oxygens (including phenoxy) is 1. The summed E-state index contributed by atoms with van der Waals surface area (Å²) in [5.41, 5.74) is 0.285. The van der Waals surface area contributed by atoms with Crippen LogP contribution in [0.1, 0.15) is 18.2 Å². The monoisotopic (exact) mass is 258 g/mol. The number of aromatic nitrogens is 2. The van der Waals surface area contributed by atoms with E-state index in [0.717, 1.165) is 0 Å². The van der Waals surface area contributed by atoms with Crippen LogP contribution in [0.3, 0.4) is 0 Å². The number of H-pyrrole nitrogens is 1. The molecule has 1 aromatic rings. The van der Waals surface area contributed by atoms with Crippen molar-refractivity contribution in [2.45, 2.75) is 31.8 Å². The number of aliphatic hydroxyl groups excluding tert-OH is 2. The van der Waals surface area contributed by atoms with Gasteiger partial charge in [-0.05, 0) is 19.1 Å². The lowest BCUT2D eigenvalue weighted by molar-refractivity contribution is -0.0453. The average molecular weight is 258 g/mol. The maximum absolute atomic E-state index is 11.3. The summed E-state index contributed by atoms with van der Waals surface area (Å²) in [6.07, 6.45) is 0.155. The van der Waals surface area contributed by atoms with Gasteiger partial charge in [0.05, 0.1) is 12.7 Å². The van der Waals surface area contributed by atoms with Crippen molar-refractivity contribution in [2.24, 2.45) is 0 Å². The molecule has 1 aliphatic heterocycles. The quantitative estimate of drug-likeness (QED) is 0.642. The van der Waals surface area contributed by atoms with Gasteiger partial charge in [0, 0.05) is 18.2 Å². The molecular formula is C10H14N2O4S. The first-order chi connectivity index (χ1) is 8.02. The summed E-state index contributed by atoms with van der Waals surface area (Å²) in [7, 11) is 0. The number of aliphatic hydroxyl groups is 2. The molecule has 6 nitrogen and oxygen atoms in total. The number of nitrogens with zero attached hydrogens (tertiary/aromatic N) is 1. The van der Waals surface area contributed by atoms with E-state index in [2.05, 4.69) is 4.98 Å². The molecule has 17 heavy (non-hydrogen) atoms. The van der Waals surface area contributed by atoms with Crippen LogP contribution in [-0.4, -0.2) is 38.6 Å². The van der Waals surface area contributed by atoms with Crippen LogP contribution in [0.2, 0.25) is 0 Å². The van der Waals surface area contributed by atoms with Gasteiger partial charge in [0.2, 0.25) is 0 Å². The number of nitrogens with one attached hydrogen (secondary N) is 1. The fourth-order valence-corrected chi connectivity index (χ4v) is 2.11. The van der Waals surface area contributed by atoms with E-state index in [1.807, 2.05) is 0 Å². The minimum absolute atomic E-state index is 0.233. The molecule has 2 rings (SSSR count). The van der Waals surface area contributed by atoms with Gasteiger partial charge < -0.3 is 14.9 Å². The van der Waals surface area contributed by atoms with E-state index in [4.69, 9.17) is 22.1 Å². The van der Waals surface area contributed by atoms with Crippen molar-refractivity contribution in [3.63, 3.8) is 0 Å². The second-order valence-electron chi connectivity index (χ2n) is 4.09. The zero-order valence-corrected chi connectivity index (χ0v) is 10.1. The molecule has 0 spiro atoms. The van der Waals surface area contributed by atoms with E-state index in [1.54, 1.807) is 17.7 Å². The Kier molecular flexibility index (Phi) is 3.43. The van der Waals surface area contributed by atoms with E-state index < -0.39 is 18.4 Å². The third-order valence-corrected chi connectivity index (χ3v) is 3.15. The van der Waals surface area contributed by atoms with Crippen LogP contribution in [0, 0.1) is 11.7 Å². The second-order valence-corrected chi connectivity index (χ2v) is 4.48. The molecule has 0 amide bonds. The molecule has 1 fully saturated rings. The molecule has 0 saturated carbocycles. The van der Waals surface area contributed by atoms with Crippen molar-refractivity contribution in [3.05, 3.63) is 26.9 Å². The highest BCUT2D eigenvalue weighted by Gasteiger charge is 2.34. The molecule has 1 aliphatic rings. The molecule has 3 unspecified atom stereocenters. The smallest absolute Gasteiger partial charge is 0.254 e. The van der Waals surface area contributed by atoms with Gasteiger partial charge >= 0.3 is 0 Å². The van der Waals surface area contributed by atoms with Crippen molar-refractivity contribution in [2.75, 3.05) is 6.61 Å². The van der Waals surface area contributed by atoms with Gasteiger partial charge in [-0.15, -0.1) is 0 Å². The number of aryl methyl sites for hydroxylation is 1. The molecular weight excluding hydrogens is 244 g/mol. The van der Waals surface area contributed by atoms with Gasteiger partial charge in [-0.1, -0.05) is 0 Å². The van der Waals surface area contributed by atoms with Crippen molar-refractivity contribution in [1.82, 2.24) is 9.55 Å². The third-order valence-electron chi connectivity index (χ3n) is 2.84. The van der Waals surface area contributed by atoms with Crippen molar-refractivity contribution >= 4 is 12.2 Å². The highest BCUT2D eigenvalue weighted by Crippen LogP contribution is 2.28. The highest BCUT2D eigenvalue weighted by molar-refractivity contribution is 7.71. The maximum atomic E-state index is 11.3. The van der Waals surface area contributed by atoms with Crippen molar-refractivity contribution < 1.29 is 14.9 Å². The van der Waals surface area contributed by atoms with Crippen molar-refractivity contribution in [3.8, 4) is 0 Å². The lowest BCUT2D eigenvalue weighted by Gasteiger charge is -2.15. The van der Waals surface area contributed by atoms with Crippen molar-refractivity contribution in [1.29, 1.82) is 0 Å². The Bertz CT molecular complexity index is 524. The number of hydrogen-bond donors (Lipinski definition) is 3. The van der Waals surface area contributed by atoms with Crippen LogP contribution in [0.25, 0.3) is 0 Å². The minimum atomic E-state index is -0.723. The predicted octanol–water partition coefficient (Wildman–Crippen LogP) is -0.145. The Morgan fingerprint density at radius 1 is 1.71 bits per heavy atom. The molecule has 0 aliphatic carbocycles. The molecule has 7 heteroatoms. The SMILES string of the molecule is Cc1cn(C2CC(O)C(CO)O2)c(=S)[nH]c1=O. The Hall–Kier alpha value is -1.02. The molecule has 1 aromatic heterocycles. The van der Waals surface area contributed by atoms with E-state index in [9.17, 15) is 9.90 Å². The predicted molar refractivity (Wildman–Crippen MR) is 62.2 cm³/mol. The van der Waals surface area contributed by atoms with Crippen LogP contribution in [0.4, 0.5) is 0 Å². The zero-order valence-electron chi connectivity index (χ0n) is 9.29. The summed E-state index contributed by atoms with van der Waals surface area (Å²) in [5, 5.41) is 18.6. The molecule has 3 N–H and O–H groups in total. The summed E-state index contributed by atoms with van der Waals surface area (Å²) in [4.78, 5) is 13.9. The van der Waals surface area contributed by atoms with Gasteiger partial charge in [-0.3, -0.25) is 14.3 Å². The Balaban J connectivity index is 2.34. The fraction of sp³-hybridized carbons (Fsp3) is 0.600. The van der Waals surface area contributed by atoms with Gasteiger partial charge in [0.1, 0.15) is 12.3 Å². The van der Waals surface area contributed by atoms with Gasteiger partial charge in [-0.2, -0.15) is 0 Å². The minimum Gasteiger partial charge on any atom is -0.394 e. The lowest BCUT2D eigenvalue weighted by Crippen LogP contribution is -2.24. The van der Waals surface area contributed by atoms with Gasteiger partial charge in [-0.25, -0.2) is 0 Å². The fourth-order valence-electron chi connectivity index (χ4n) is 1.85. The van der Waals surface area contributed by atoms with Crippen LogP contribution >= 0.6 is 12.2 Å². The van der Waals surface area contributed by atoms with Crippen LogP contribution in [-0.2, 0) is 4.74 Å². The first-order valence-corrected chi connectivity index (χ1v) is 5.70. The Morgan fingerprint density at radius 2 is 2.41 bits per heavy atom. The topological polar surface area (TPSA) is 87.5 Å². The van der Waals surface area contributed by atoms with E-state index >= 15 is 0 Å². The largest absolute Gasteiger partial charge is 0.394 e. The first kappa shape index (κ1) is 12.4. The molecule has 1 saturated heterocycles. The standard InChI is InChI=1S/C10H14N2O4S/c1-5-3-12(10(17)11-9(5)15)8-2-6(14)7(4-13)16-8/h3,6-8,13-14H,2,4H2,1H3,(H,11,15,17). The van der Waals surface area contributed by atoms with Crippen LogP contribution in [0.5, 0.6) is 0 Å². The normalized spacial score (nSPS) is 28.5. The van der Waals surface area contributed by atoms with Gasteiger partial charge in [0.25, 0.3) is 5.56 Å². The van der Waals surface area contributed by atoms with E-state index in [-0.39, 0.29) is 16.9 Å². The molecule has 94 valence electrons. The van der Waals surface area contributed by atoms with Crippen LogP contribution in [0.15, 0.2) is 11.0 Å². The number of hydrogen-bond acceptors (Lipinski definition) is 5. The first-order valence-electron chi connectivity index (χ1n) is 5.29. The number of aromatic amines is 1. The second kappa shape index (κ2) is 4.69. The maximum Gasteiger partial charge on any atom is 0.254 e. The summed E-state index contributed by atoms with van der Waals surface area (Å²) >= 11 is 5.03. The Labute approximate surface area is 102 Å².